The van der Waals surface area contributed by atoms with Gasteiger partial charge in [0, 0.05) is 25.8 Å². The van der Waals surface area contributed by atoms with Crippen LogP contribution >= 0.6 is 0 Å². The summed E-state index contributed by atoms with van der Waals surface area (Å²) in [4.78, 5) is 13.8. The molecule has 2 saturated heterocycles. The van der Waals surface area contributed by atoms with Crippen molar-refractivity contribution in [1.82, 2.24) is 25.0 Å². The minimum absolute atomic E-state index is 0.00920. The van der Waals surface area contributed by atoms with Crippen molar-refractivity contribution in [3.05, 3.63) is 48.8 Å². The quantitative estimate of drug-likeness (QED) is 0.425. The van der Waals surface area contributed by atoms with E-state index in [1.807, 2.05) is 30.5 Å². The SMILES string of the molecule is CC12CCN(CC1)c1cc(NS(=O)(=O)CCO)ccc1-n1cc(nn1)-c1ccnc(n1)N1CCOCC1/C=C\COC2. The number of benzene rings is 1. The highest BCUT2D eigenvalue weighted by atomic mass is 32.2. The molecule has 13 nitrogen and oxygen atoms in total. The Labute approximate surface area is 245 Å². The fraction of sp³-hybridized carbons (Fsp3) is 0.500. The molecule has 4 aliphatic rings. The molecule has 0 radical (unpaired) electrons. The number of hydrogen-bond donors (Lipinski definition) is 2. The molecule has 42 heavy (non-hydrogen) atoms. The Morgan fingerprint density at radius 1 is 1.12 bits per heavy atom. The van der Waals surface area contributed by atoms with E-state index in [0.29, 0.717) is 56.0 Å². The maximum atomic E-state index is 12.4. The number of rotatable bonds is 4. The van der Waals surface area contributed by atoms with E-state index in [-0.39, 0.29) is 17.2 Å². The van der Waals surface area contributed by atoms with Crippen LogP contribution in [0.15, 0.2) is 48.8 Å². The fourth-order valence-corrected chi connectivity index (χ4v) is 6.39. The van der Waals surface area contributed by atoms with Crippen LogP contribution < -0.4 is 14.5 Å². The molecule has 6 bridgehead atoms. The molecule has 1 aromatic carbocycles. The Kier molecular flexibility index (Phi) is 8.12. The zero-order valence-corrected chi connectivity index (χ0v) is 24.4. The van der Waals surface area contributed by atoms with E-state index >= 15 is 0 Å². The van der Waals surface area contributed by atoms with Crippen LogP contribution in [-0.4, -0.2) is 103 Å². The van der Waals surface area contributed by atoms with Gasteiger partial charge >= 0.3 is 0 Å². The van der Waals surface area contributed by atoms with Crippen LogP contribution in [0, 0.1) is 5.41 Å². The lowest BCUT2D eigenvalue weighted by atomic mass is 9.81. The summed E-state index contributed by atoms with van der Waals surface area (Å²) in [7, 11) is -3.68. The largest absolute Gasteiger partial charge is 0.395 e. The maximum Gasteiger partial charge on any atom is 0.234 e. The van der Waals surface area contributed by atoms with E-state index in [1.54, 1.807) is 16.9 Å². The van der Waals surface area contributed by atoms with Crippen molar-refractivity contribution in [2.45, 2.75) is 25.8 Å². The molecule has 6 heterocycles. The number of anilines is 3. The van der Waals surface area contributed by atoms with E-state index in [1.165, 1.54) is 0 Å². The van der Waals surface area contributed by atoms with Crippen LogP contribution in [-0.2, 0) is 19.5 Å². The minimum atomic E-state index is -3.68. The summed E-state index contributed by atoms with van der Waals surface area (Å²) in [6.45, 7) is 6.27. The third-order valence-electron chi connectivity index (χ3n) is 8.01. The molecule has 4 aliphatic heterocycles. The van der Waals surface area contributed by atoms with Gasteiger partial charge in [0.2, 0.25) is 16.0 Å². The van der Waals surface area contributed by atoms with Crippen molar-refractivity contribution in [2.75, 3.05) is 72.9 Å². The first-order chi connectivity index (χ1) is 20.3. The van der Waals surface area contributed by atoms with Crippen molar-refractivity contribution in [3.63, 3.8) is 0 Å². The molecule has 0 amide bonds. The van der Waals surface area contributed by atoms with Gasteiger partial charge in [0.1, 0.15) is 5.69 Å². The predicted octanol–water partition coefficient (Wildman–Crippen LogP) is 1.86. The zero-order valence-electron chi connectivity index (χ0n) is 23.6. The molecule has 0 spiro atoms. The highest BCUT2D eigenvalue weighted by molar-refractivity contribution is 7.92. The number of aliphatic hydroxyl groups excluding tert-OH is 1. The summed E-state index contributed by atoms with van der Waals surface area (Å²) in [5.41, 5.74) is 3.27. The van der Waals surface area contributed by atoms with Gasteiger partial charge in [-0.25, -0.2) is 23.1 Å². The lowest BCUT2D eigenvalue weighted by Crippen LogP contribution is -2.45. The molecule has 2 fully saturated rings. The number of hydrogen-bond acceptors (Lipinski definition) is 11. The topological polar surface area (TPSA) is 148 Å². The summed E-state index contributed by atoms with van der Waals surface area (Å²) in [6, 6.07) is 7.15. The Hall–Kier alpha value is -3.59. The second kappa shape index (κ2) is 12.0. The Morgan fingerprint density at radius 3 is 2.81 bits per heavy atom. The van der Waals surface area contributed by atoms with Crippen LogP contribution in [0.4, 0.5) is 17.3 Å². The molecule has 1 unspecified atom stereocenters. The number of morpholine rings is 1. The van der Waals surface area contributed by atoms with Gasteiger partial charge in [-0.2, -0.15) is 0 Å². The fourth-order valence-electron chi connectivity index (χ4n) is 5.56. The van der Waals surface area contributed by atoms with Crippen LogP contribution in [0.25, 0.3) is 17.1 Å². The van der Waals surface area contributed by atoms with E-state index < -0.39 is 16.6 Å². The van der Waals surface area contributed by atoms with Crippen molar-refractivity contribution >= 4 is 27.3 Å². The number of sulfonamides is 1. The lowest BCUT2D eigenvalue weighted by Gasteiger charge is -2.40. The van der Waals surface area contributed by atoms with Gasteiger partial charge in [0.25, 0.3) is 0 Å². The minimum Gasteiger partial charge on any atom is -0.395 e. The lowest BCUT2D eigenvalue weighted by molar-refractivity contribution is 0.0536. The molecule has 1 atom stereocenters. The maximum absolute atomic E-state index is 12.4. The molecule has 2 N–H and O–H groups in total. The van der Waals surface area contributed by atoms with Crippen molar-refractivity contribution in [3.8, 4) is 17.1 Å². The number of ether oxygens (including phenoxy) is 2. The van der Waals surface area contributed by atoms with Gasteiger partial charge in [-0.15, -0.1) is 5.10 Å². The zero-order chi connectivity index (χ0) is 29.2. The molecule has 7 rings (SSSR count). The van der Waals surface area contributed by atoms with Crippen LogP contribution in [0.2, 0.25) is 0 Å². The van der Waals surface area contributed by atoms with E-state index in [2.05, 4.69) is 42.8 Å². The normalized spacial score (nSPS) is 23.7. The van der Waals surface area contributed by atoms with Gasteiger partial charge in [0.15, 0.2) is 0 Å². The highest BCUT2D eigenvalue weighted by Crippen LogP contribution is 2.37. The first-order valence-corrected chi connectivity index (χ1v) is 15.8. The van der Waals surface area contributed by atoms with E-state index in [0.717, 1.165) is 37.3 Å². The number of nitrogens with zero attached hydrogens (tertiary/aromatic N) is 7. The first-order valence-electron chi connectivity index (χ1n) is 14.2. The number of aliphatic hydroxyl groups is 1. The number of fused-ring (bicyclic) bond motifs is 5. The average Bonchev–Trinajstić information content (AvgIpc) is 3.47. The second-order valence-corrected chi connectivity index (χ2v) is 13.1. The molecule has 0 saturated carbocycles. The Balaban J connectivity index is 1.40. The van der Waals surface area contributed by atoms with Gasteiger partial charge in [-0.05, 0) is 42.5 Å². The predicted molar refractivity (Wildman–Crippen MR) is 158 cm³/mol. The second-order valence-electron chi connectivity index (χ2n) is 11.2. The van der Waals surface area contributed by atoms with E-state index in [4.69, 9.17) is 14.5 Å². The number of piperidine rings is 1. The molecular weight excluding hydrogens is 560 g/mol. The Bertz CT molecular complexity index is 1540. The van der Waals surface area contributed by atoms with Gasteiger partial charge in [0.05, 0.1) is 73.8 Å². The van der Waals surface area contributed by atoms with Crippen LogP contribution in [0.5, 0.6) is 0 Å². The summed E-state index contributed by atoms with van der Waals surface area (Å²) in [5, 5.41) is 18.0. The van der Waals surface area contributed by atoms with Gasteiger partial charge in [-0.3, -0.25) is 4.72 Å². The summed E-state index contributed by atoms with van der Waals surface area (Å²) in [5.74, 6) is 0.218. The molecule has 0 aliphatic carbocycles. The standard InChI is InChI=1S/C28H36N8O5S/c1-28-7-10-34(11-8-28)26-17-21(32-42(38,39)16-13-37)4-5-25(26)36-18-24(31-33-36)23-6-9-29-27(30-23)35-12-15-40-19-22(35)3-2-14-41-20-28/h2-6,9,17-18,22,32,37H,7-8,10-16,19-20H2,1H3/b3-2-. The van der Waals surface area contributed by atoms with Crippen molar-refractivity contribution < 1.29 is 23.0 Å². The average molecular weight is 597 g/mol. The summed E-state index contributed by atoms with van der Waals surface area (Å²) in [6.07, 6.45) is 9.52. The third kappa shape index (κ3) is 6.26. The molecule has 3 aromatic rings. The van der Waals surface area contributed by atoms with Crippen molar-refractivity contribution in [2.24, 2.45) is 5.41 Å². The van der Waals surface area contributed by atoms with Gasteiger partial charge < -0.3 is 24.4 Å². The third-order valence-corrected chi connectivity index (χ3v) is 9.28. The molecule has 2 aromatic heterocycles. The summed E-state index contributed by atoms with van der Waals surface area (Å²) >= 11 is 0. The smallest absolute Gasteiger partial charge is 0.234 e. The number of nitrogens with one attached hydrogen (secondary N) is 1. The monoisotopic (exact) mass is 596 g/mol. The molecule has 14 heteroatoms. The van der Waals surface area contributed by atoms with Crippen LogP contribution in [0.1, 0.15) is 19.8 Å². The molecule has 224 valence electrons. The summed E-state index contributed by atoms with van der Waals surface area (Å²) < 4.78 is 41.0. The van der Waals surface area contributed by atoms with E-state index in [9.17, 15) is 13.5 Å². The van der Waals surface area contributed by atoms with Crippen molar-refractivity contribution in [1.29, 1.82) is 0 Å². The first kappa shape index (κ1) is 28.5. The molecular formula is C28H36N8O5S. The number of aromatic nitrogens is 5. The Morgan fingerprint density at radius 2 is 1.98 bits per heavy atom. The van der Waals surface area contributed by atoms with Crippen LogP contribution in [0.3, 0.4) is 0 Å². The highest BCUT2D eigenvalue weighted by Gasteiger charge is 2.32. The van der Waals surface area contributed by atoms with Gasteiger partial charge in [-0.1, -0.05) is 24.3 Å².